The van der Waals surface area contributed by atoms with E-state index in [0.717, 1.165) is 18.0 Å². The fraction of sp³-hybridized carbons (Fsp3) is 0.462. The Balaban J connectivity index is 1.67. The van der Waals surface area contributed by atoms with Crippen LogP contribution in [-0.2, 0) is 23.6 Å². The van der Waals surface area contributed by atoms with Crippen LogP contribution < -0.4 is 0 Å². The van der Waals surface area contributed by atoms with Gasteiger partial charge in [-0.3, -0.25) is 4.90 Å². The van der Waals surface area contributed by atoms with Crippen molar-refractivity contribution >= 4 is 21.6 Å². The maximum Gasteiger partial charge on any atom is 0.243 e. The smallest absolute Gasteiger partial charge is 0.243 e. The van der Waals surface area contributed by atoms with Crippen LogP contribution in [0.15, 0.2) is 23.1 Å². The highest BCUT2D eigenvalue weighted by Gasteiger charge is 2.29. The van der Waals surface area contributed by atoms with Gasteiger partial charge in [-0.2, -0.15) is 4.31 Å². The van der Waals surface area contributed by atoms with Gasteiger partial charge >= 0.3 is 0 Å². The summed E-state index contributed by atoms with van der Waals surface area (Å²) >= 11 is 5.69. The maximum absolute atomic E-state index is 13.2. The highest BCUT2D eigenvalue weighted by atomic mass is 35.5. The number of piperazine rings is 1. The van der Waals surface area contributed by atoms with Crippen molar-refractivity contribution in [2.45, 2.75) is 11.4 Å². The summed E-state index contributed by atoms with van der Waals surface area (Å²) in [4.78, 5) is 2.08. The lowest BCUT2D eigenvalue weighted by atomic mass is 10.3. The molecule has 0 N–H and O–H groups in total. The SMILES string of the molecule is Cn1nnnc1CN1CCN(S(=O)(=O)c2ccc(F)c(Cl)c2)CC1. The highest BCUT2D eigenvalue weighted by molar-refractivity contribution is 7.89. The lowest BCUT2D eigenvalue weighted by molar-refractivity contribution is 0.176. The van der Waals surface area contributed by atoms with Gasteiger partial charge in [-0.1, -0.05) is 11.6 Å². The molecule has 1 saturated heterocycles. The number of nitrogens with zero attached hydrogens (tertiary/aromatic N) is 6. The number of hydrogen-bond donors (Lipinski definition) is 0. The van der Waals surface area contributed by atoms with Gasteiger partial charge in [0.15, 0.2) is 5.82 Å². The molecule has 0 atom stereocenters. The molecular weight excluding hydrogens is 359 g/mol. The van der Waals surface area contributed by atoms with E-state index in [0.29, 0.717) is 32.7 Å². The molecule has 24 heavy (non-hydrogen) atoms. The van der Waals surface area contributed by atoms with Crippen molar-refractivity contribution in [3.63, 3.8) is 0 Å². The van der Waals surface area contributed by atoms with Gasteiger partial charge in [0.2, 0.25) is 10.0 Å². The number of benzene rings is 1. The molecular formula is C13H16ClFN6O2S. The average molecular weight is 375 g/mol. The number of tetrazole rings is 1. The predicted octanol–water partition coefficient (Wildman–Crippen LogP) is 0.509. The van der Waals surface area contributed by atoms with Crippen molar-refractivity contribution < 1.29 is 12.8 Å². The number of aromatic nitrogens is 4. The van der Waals surface area contributed by atoms with E-state index in [1.807, 2.05) is 0 Å². The van der Waals surface area contributed by atoms with E-state index in [4.69, 9.17) is 11.6 Å². The largest absolute Gasteiger partial charge is 0.293 e. The van der Waals surface area contributed by atoms with Crippen molar-refractivity contribution in [1.29, 1.82) is 0 Å². The second-order valence-corrected chi connectivity index (χ2v) is 7.82. The van der Waals surface area contributed by atoms with E-state index in [2.05, 4.69) is 20.4 Å². The van der Waals surface area contributed by atoms with E-state index in [9.17, 15) is 12.8 Å². The summed E-state index contributed by atoms with van der Waals surface area (Å²) in [6.07, 6.45) is 0. The summed E-state index contributed by atoms with van der Waals surface area (Å²) < 4.78 is 41.4. The number of hydrogen-bond acceptors (Lipinski definition) is 6. The molecule has 0 amide bonds. The first-order chi connectivity index (χ1) is 11.4. The molecule has 2 aromatic rings. The van der Waals surface area contributed by atoms with Gasteiger partial charge in [-0.25, -0.2) is 17.5 Å². The Morgan fingerprint density at radius 1 is 1.25 bits per heavy atom. The first-order valence-electron chi connectivity index (χ1n) is 7.27. The molecule has 1 fully saturated rings. The lowest BCUT2D eigenvalue weighted by Gasteiger charge is -2.33. The Kier molecular flexibility index (Phi) is 4.81. The molecule has 130 valence electrons. The highest BCUT2D eigenvalue weighted by Crippen LogP contribution is 2.23. The van der Waals surface area contributed by atoms with Crippen LogP contribution >= 0.6 is 11.6 Å². The second kappa shape index (κ2) is 6.71. The molecule has 8 nitrogen and oxygen atoms in total. The monoisotopic (exact) mass is 374 g/mol. The average Bonchev–Trinajstić information content (AvgIpc) is 2.95. The van der Waals surface area contributed by atoms with Crippen molar-refractivity contribution in [2.75, 3.05) is 26.2 Å². The number of halogens is 2. The molecule has 3 rings (SSSR count). The van der Waals surface area contributed by atoms with Crippen LogP contribution in [-0.4, -0.2) is 64.0 Å². The van der Waals surface area contributed by atoms with E-state index in [1.54, 1.807) is 11.7 Å². The van der Waals surface area contributed by atoms with Gasteiger partial charge in [-0.15, -0.1) is 5.10 Å². The van der Waals surface area contributed by atoms with Crippen LogP contribution in [0.25, 0.3) is 0 Å². The molecule has 1 aliphatic rings. The zero-order chi connectivity index (χ0) is 17.3. The summed E-state index contributed by atoms with van der Waals surface area (Å²) in [5.41, 5.74) is 0. The maximum atomic E-state index is 13.2. The Labute approximate surface area is 143 Å². The fourth-order valence-electron chi connectivity index (χ4n) is 2.50. The number of sulfonamides is 1. The third kappa shape index (κ3) is 3.41. The molecule has 0 unspecified atom stereocenters. The van der Waals surface area contributed by atoms with Crippen LogP contribution in [0.3, 0.4) is 0 Å². The predicted molar refractivity (Wildman–Crippen MR) is 84.2 cm³/mol. The molecule has 11 heteroatoms. The third-order valence-corrected chi connectivity index (χ3v) is 6.12. The zero-order valence-corrected chi connectivity index (χ0v) is 14.5. The van der Waals surface area contributed by atoms with Crippen LogP contribution in [0.5, 0.6) is 0 Å². The summed E-state index contributed by atoms with van der Waals surface area (Å²) in [5, 5.41) is 11.1. The van der Waals surface area contributed by atoms with Gasteiger partial charge in [0.25, 0.3) is 0 Å². The lowest BCUT2D eigenvalue weighted by Crippen LogP contribution is -2.48. The summed E-state index contributed by atoms with van der Waals surface area (Å²) in [7, 11) is -1.93. The molecule has 1 aromatic carbocycles. The van der Waals surface area contributed by atoms with Gasteiger partial charge < -0.3 is 0 Å². The molecule has 0 bridgehead atoms. The van der Waals surface area contributed by atoms with Crippen LogP contribution in [0.2, 0.25) is 5.02 Å². The number of aryl methyl sites for hydroxylation is 1. The summed E-state index contributed by atoms with van der Waals surface area (Å²) in [5.74, 6) is 0.0781. The molecule has 1 aliphatic heterocycles. The van der Waals surface area contributed by atoms with E-state index in [-0.39, 0.29) is 9.92 Å². The number of rotatable bonds is 4. The van der Waals surface area contributed by atoms with Crippen LogP contribution in [0.4, 0.5) is 4.39 Å². The molecule has 0 spiro atoms. The van der Waals surface area contributed by atoms with E-state index in [1.165, 1.54) is 10.4 Å². The van der Waals surface area contributed by atoms with Crippen molar-refractivity contribution in [3.8, 4) is 0 Å². The van der Waals surface area contributed by atoms with Crippen LogP contribution in [0, 0.1) is 5.82 Å². The van der Waals surface area contributed by atoms with Gasteiger partial charge in [0.05, 0.1) is 16.5 Å². The molecule has 0 saturated carbocycles. The summed E-state index contributed by atoms with van der Waals surface area (Å²) in [6, 6.07) is 3.44. The van der Waals surface area contributed by atoms with Crippen molar-refractivity contribution in [3.05, 3.63) is 34.9 Å². The molecule has 2 heterocycles. The van der Waals surface area contributed by atoms with E-state index < -0.39 is 15.8 Å². The normalized spacial score (nSPS) is 17.3. The minimum absolute atomic E-state index is 0.000138. The van der Waals surface area contributed by atoms with Crippen molar-refractivity contribution in [1.82, 2.24) is 29.4 Å². The third-order valence-electron chi connectivity index (χ3n) is 3.93. The zero-order valence-electron chi connectivity index (χ0n) is 12.9. The molecule has 1 aromatic heterocycles. The Hall–Kier alpha value is -1.62. The minimum Gasteiger partial charge on any atom is -0.293 e. The van der Waals surface area contributed by atoms with Crippen molar-refractivity contribution in [2.24, 2.45) is 7.05 Å². The molecule has 0 radical (unpaired) electrons. The molecule has 0 aliphatic carbocycles. The summed E-state index contributed by atoms with van der Waals surface area (Å²) in [6.45, 7) is 2.34. The van der Waals surface area contributed by atoms with Gasteiger partial charge in [0, 0.05) is 33.2 Å². The minimum atomic E-state index is -3.68. The fourth-order valence-corrected chi connectivity index (χ4v) is 4.19. The standard InChI is InChI=1S/C13H16ClFN6O2S/c1-19-13(16-17-18-19)9-20-4-6-21(7-5-20)24(22,23)10-2-3-12(15)11(14)8-10/h2-3,8H,4-7,9H2,1H3. The second-order valence-electron chi connectivity index (χ2n) is 5.47. The van der Waals surface area contributed by atoms with E-state index >= 15 is 0 Å². The quantitative estimate of drug-likeness (QED) is 0.775. The van der Waals surface area contributed by atoms with Gasteiger partial charge in [-0.05, 0) is 28.6 Å². The topological polar surface area (TPSA) is 84.2 Å². The Morgan fingerprint density at radius 3 is 2.54 bits per heavy atom. The first-order valence-corrected chi connectivity index (χ1v) is 9.08. The first kappa shape index (κ1) is 17.2. The Bertz CT molecular complexity index is 835. The van der Waals surface area contributed by atoms with Gasteiger partial charge in [0.1, 0.15) is 5.82 Å². The van der Waals surface area contributed by atoms with Crippen LogP contribution in [0.1, 0.15) is 5.82 Å². The Morgan fingerprint density at radius 2 is 1.96 bits per heavy atom.